The highest BCUT2D eigenvalue weighted by atomic mass is 16.2. The van der Waals surface area contributed by atoms with E-state index < -0.39 is 6.04 Å². The quantitative estimate of drug-likeness (QED) is 0.722. The molecule has 1 aromatic carbocycles. The van der Waals surface area contributed by atoms with Crippen LogP contribution < -0.4 is 10.6 Å². The fraction of sp³-hybridized carbons (Fsp3) is 0.474. The first-order valence-electron chi connectivity index (χ1n) is 8.87. The predicted octanol–water partition coefficient (Wildman–Crippen LogP) is 2.66. The van der Waals surface area contributed by atoms with Gasteiger partial charge in [-0.3, -0.25) is 4.79 Å². The molecule has 0 spiro atoms. The van der Waals surface area contributed by atoms with Crippen molar-refractivity contribution in [2.75, 3.05) is 13.1 Å². The third kappa shape index (κ3) is 4.75. The molecular formula is C19H28N4O2. The molecule has 3 N–H and O–H groups in total. The van der Waals surface area contributed by atoms with Gasteiger partial charge in [-0.05, 0) is 39.3 Å². The Morgan fingerprint density at radius 2 is 1.80 bits per heavy atom. The van der Waals surface area contributed by atoms with Crippen LogP contribution in [0.25, 0.3) is 10.9 Å². The van der Waals surface area contributed by atoms with Crippen LogP contribution in [0, 0.1) is 0 Å². The van der Waals surface area contributed by atoms with E-state index in [0.29, 0.717) is 19.5 Å². The molecule has 2 rings (SSSR count). The molecule has 1 atom stereocenters. The summed E-state index contributed by atoms with van der Waals surface area (Å²) in [5.74, 6) is -0.166. The summed E-state index contributed by atoms with van der Waals surface area (Å²) in [5.41, 5.74) is 2.04. The van der Waals surface area contributed by atoms with Gasteiger partial charge in [-0.2, -0.15) is 0 Å². The van der Waals surface area contributed by atoms with Crippen molar-refractivity contribution in [2.24, 2.45) is 0 Å². The lowest BCUT2D eigenvalue weighted by Crippen LogP contribution is -2.53. The molecule has 136 valence electrons. The van der Waals surface area contributed by atoms with Crippen molar-refractivity contribution in [3.05, 3.63) is 36.0 Å². The summed E-state index contributed by atoms with van der Waals surface area (Å²) in [6.45, 7) is 8.87. The van der Waals surface area contributed by atoms with Gasteiger partial charge < -0.3 is 20.5 Å². The smallest absolute Gasteiger partial charge is 0.318 e. The number of carbonyl (C=O) groups is 2. The Morgan fingerprint density at radius 1 is 1.12 bits per heavy atom. The molecule has 6 heteroatoms. The summed E-state index contributed by atoms with van der Waals surface area (Å²) in [7, 11) is 0. The van der Waals surface area contributed by atoms with E-state index >= 15 is 0 Å². The normalized spacial score (nSPS) is 12.2. The summed E-state index contributed by atoms with van der Waals surface area (Å²) in [6.07, 6.45) is 2.35. The van der Waals surface area contributed by atoms with Crippen molar-refractivity contribution >= 4 is 22.8 Å². The minimum absolute atomic E-state index is 0.0170. The van der Waals surface area contributed by atoms with Crippen LogP contribution in [0.3, 0.4) is 0 Å². The summed E-state index contributed by atoms with van der Waals surface area (Å²) < 4.78 is 0. The Bertz CT molecular complexity index is 719. The van der Waals surface area contributed by atoms with Gasteiger partial charge >= 0.3 is 6.03 Å². The van der Waals surface area contributed by atoms with E-state index in [-0.39, 0.29) is 18.0 Å². The van der Waals surface area contributed by atoms with Crippen LogP contribution in [0.5, 0.6) is 0 Å². The number of hydrogen-bond acceptors (Lipinski definition) is 2. The number of aromatic amines is 1. The van der Waals surface area contributed by atoms with Crippen molar-refractivity contribution in [3.8, 4) is 0 Å². The standard InChI is InChI=1S/C19H28N4O2/c1-5-23(6-2)19(25)22-17(18(24)21-13(3)4)11-14-12-20-16-10-8-7-9-15(14)16/h7-10,12-13,17,20H,5-6,11H2,1-4H3,(H,21,24)(H,22,25)/t17-/m0/s1. The Morgan fingerprint density at radius 3 is 2.44 bits per heavy atom. The maximum atomic E-state index is 12.6. The molecule has 0 fully saturated rings. The number of hydrogen-bond donors (Lipinski definition) is 3. The topological polar surface area (TPSA) is 77.2 Å². The minimum atomic E-state index is -0.616. The highest BCUT2D eigenvalue weighted by Gasteiger charge is 2.24. The average Bonchev–Trinajstić information content (AvgIpc) is 2.98. The van der Waals surface area contributed by atoms with Crippen LogP contribution in [-0.4, -0.2) is 47.0 Å². The largest absolute Gasteiger partial charge is 0.361 e. The number of nitrogens with one attached hydrogen (secondary N) is 3. The number of benzene rings is 1. The maximum absolute atomic E-state index is 12.6. The molecule has 0 radical (unpaired) electrons. The van der Waals surface area contributed by atoms with Gasteiger partial charge in [0.05, 0.1) is 0 Å². The lowest BCUT2D eigenvalue weighted by atomic mass is 10.0. The molecule has 0 saturated carbocycles. The Balaban J connectivity index is 2.22. The lowest BCUT2D eigenvalue weighted by molar-refractivity contribution is -0.123. The zero-order valence-electron chi connectivity index (χ0n) is 15.4. The number of carbonyl (C=O) groups excluding carboxylic acids is 2. The molecular weight excluding hydrogens is 316 g/mol. The summed E-state index contributed by atoms with van der Waals surface area (Å²) in [6, 6.07) is 7.14. The zero-order chi connectivity index (χ0) is 18.4. The van der Waals surface area contributed by atoms with Gasteiger partial charge in [-0.1, -0.05) is 18.2 Å². The van der Waals surface area contributed by atoms with Crippen molar-refractivity contribution in [1.29, 1.82) is 0 Å². The van der Waals surface area contributed by atoms with Gasteiger partial charge in [0.1, 0.15) is 6.04 Å². The van der Waals surface area contributed by atoms with E-state index in [9.17, 15) is 9.59 Å². The van der Waals surface area contributed by atoms with E-state index in [1.54, 1.807) is 4.90 Å². The molecule has 1 aromatic heterocycles. The van der Waals surface area contributed by atoms with E-state index in [1.807, 2.05) is 58.2 Å². The molecule has 0 unspecified atom stereocenters. The molecule has 3 amide bonds. The number of aromatic nitrogens is 1. The van der Waals surface area contributed by atoms with Crippen LogP contribution in [0.1, 0.15) is 33.3 Å². The maximum Gasteiger partial charge on any atom is 0.318 e. The molecule has 2 aromatic rings. The van der Waals surface area contributed by atoms with Crippen LogP contribution in [0.4, 0.5) is 4.79 Å². The van der Waals surface area contributed by atoms with Gasteiger partial charge in [-0.25, -0.2) is 4.79 Å². The first-order valence-corrected chi connectivity index (χ1v) is 8.87. The number of nitrogens with zero attached hydrogens (tertiary/aromatic N) is 1. The second kappa shape index (κ2) is 8.55. The van der Waals surface area contributed by atoms with E-state index in [0.717, 1.165) is 16.5 Å². The van der Waals surface area contributed by atoms with E-state index in [2.05, 4.69) is 15.6 Å². The molecule has 6 nitrogen and oxygen atoms in total. The van der Waals surface area contributed by atoms with Gasteiger partial charge in [0.25, 0.3) is 0 Å². The van der Waals surface area contributed by atoms with Crippen LogP contribution >= 0.6 is 0 Å². The fourth-order valence-corrected chi connectivity index (χ4v) is 2.87. The van der Waals surface area contributed by atoms with Gasteiger partial charge in [0.15, 0.2) is 0 Å². The predicted molar refractivity (Wildman–Crippen MR) is 101 cm³/mol. The van der Waals surface area contributed by atoms with Gasteiger partial charge in [0, 0.05) is 42.7 Å². The average molecular weight is 344 g/mol. The summed E-state index contributed by atoms with van der Waals surface area (Å²) in [5, 5.41) is 6.86. The van der Waals surface area contributed by atoms with Crippen molar-refractivity contribution in [2.45, 2.75) is 46.2 Å². The van der Waals surface area contributed by atoms with Gasteiger partial charge in [-0.15, -0.1) is 0 Å². The van der Waals surface area contributed by atoms with Crippen LogP contribution in [0.15, 0.2) is 30.5 Å². The molecule has 0 bridgehead atoms. The molecule has 0 saturated heterocycles. The Kier molecular flexibility index (Phi) is 6.44. The van der Waals surface area contributed by atoms with Crippen molar-refractivity contribution in [1.82, 2.24) is 20.5 Å². The summed E-state index contributed by atoms with van der Waals surface area (Å²) >= 11 is 0. The van der Waals surface area contributed by atoms with Crippen LogP contribution in [0.2, 0.25) is 0 Å². The SMILES string of the molecule is CCN(CC)C(=O)N[C@@H](Cc1c[nH]c2ccccc12)C(=O)NC(C)C. The first-order chi connectivity index (χ1) is 12.0. The second-order valence-electron chi connectivity index (χ2n) is 6.40. The summed E-state index contributed by atoms with van der Waals surface area (Å²) in [4.78, 5) is 29.9. The monoisotopic (exact) mass is 344 g/mol. The van der Waals surface area contributed by atoms with Gasteiger partial charge in [0.2, 0.25) is 5.91 Å². The second-order valence-corrected chi connectivity index (χ2v) is 6.40. The Labute approximate surface area is 149 Å². The van der Waals surface area contributed by atoms with Crippen LogP contribution in [-0.2, 0) is 11.2 Å². The third-order valence-corrected chi connectivity index (χ3v) is 4.19. The van der Waals surface area contributed by atoms with Crippen molar-refractivity contribution in [3.63, 3.8) is 0 Å². The lowest BCUT2D eigenvalue weighted by Gasteiger charge is -2.25. The van der Waals surface area contributed by atoms with E-state index in [1.165, 1.54) is 0 Å². The number of para-hydroxylation sites is 1. The Hall–Kier alpha value is -2.50. The molecule has 0 aliphatic rings. The number of urea groups is 1. The number of amides is 3. The van der Waals surface area contributed by atoms with Crippen molar-refractivity contribution < 1.29 is 9.59 Å². The molecule has 0 aliphatic heterocycles. The minimum Gasteiger partial charge on any atom is -0.361 e. The molecule has 0 aliphatic carbocycles. The molecule has 25 heavy (non-hydrogen) atoms. The number of rotatable bonds is 7. The fourth-order valence-electron chi connectivity index (χ4n) is 2.87. The third-order valence-electron chi connectivity index (χ3n) is 4.19. The highest BCUT2D eigenvalue weighted by Crippen LogP contribution is 2.19. The number of fused-ring (bicyclic) bond motifs is 1. The highest BCUT2D eigenvalue weighted by molar-refractivity contribution is 5.89. The molecule has 1 heterocycles. The first kappa shape index (κ1) is 18.8. The number of H-pyrrole nitrogens is 1. The van der Waals surface area contributed by atoms with E-state index in [4.69, 9.17) is 0 Å². The zero-order valence-corrected chi connectivity index (χ0v) is 15.4.